The molecule has 0 aliphatic heterocycles. The third-order valence-electron chi connectivity index (χ3n) is 3.76. The summed E-state index contributed by atoms with van der Waals surface area (Å²) in [5.41, 5.74) is 9.03. The topological polar surface area (TPSA) is 26.0 Å². The highest BCUT2D eigenvalue weighted by molar-refractivity contribution is 5.94. The lowest BCUT2D eigenvalue weighted by atomic mass is 10.0. The Hall–Kier alpha value is -1.34. The molecule has 0 aromatic heterocycles. The van der Waals surface area contributed by atoms with Crippen LogP contribution in [0.3, 0.4) is 0 Å². The molecule has 2 aliphatic carbocycles. The van der Waals surface area contributed by atoms with Gasteiger partial charge in [-0.15, -0.1) is 0 Å². The first kappa shape index (κ1) is 7.02. The lowest BCUT2D eigenvalue weighted by Crippen LogP contribution is -2.05. The summed E-state index contributed by atoms with van der Waals surface area (Å²) in [6, 6.07) is 13.5. The van der Waals surface area contributed by atoms with Crippen molar-refractivity contribution in [2.45, 2.75) is 17.9 Å². The molecular formula is C13H11N. The molecule has 2 aromatic rings. The van der Waals surface area contributed by atoms with Gasteiger partial charge in [0.05, 0.1) is 0 Å². The van der Waals surface area contributed by atoms with E-state index in [0.29, 0.717) is 17.9 Å². The summed E-state index contributed by atoms with van der Waals surface area (Å²) < 4.78 is 0. The van der Waals surface area contributed by atoms with Gasteiger partial charge in [-0.2, -0.15) is 0 Å². The molecule has 2 aliphatic rings. The molecule has 0 amide bonds. The van der Waals surface area contributed by atoms with Crippen LogP contribution in [0.15, 0.2) is 36.4 Å². The average Bonchev–Trinajstić information content (AvgIpc) is 2.74. The highest BCUT2D eigenvalue weighted by Crippen LogP contribution is 2.61. The van der Waals surface area contributed by atoms with Gasteiger partial charge in [-0.1, -0.05) is 36.4 Å². The van der Waals surface area contributed by atoms with Gasteiger partial charge in [0.15, 0.2) is 0 Å². The SMILES string of the molecule is NC1[C@H]2c3cccc4cccc(c34)[C@H]12. The second-order valence-electron chi connectivity index (χ2n) is 4.42. The van der Waals surface area contributed by atoms with Crippen molar-refractivity contribution in [1.29, 1.82) is 0 Å². The number of nitrogens with two attached hydrogens (primary N) is 1. The maximum atomic E-state index is 6.06. The van der Waals surface area contributed by atoms with Crippen LogP contribution >= 0.6 is 0 Å². The predicted molar refractivity (Wildman–Crippen MR) is 57.4 cm³/mol. The van der Waals surface area contributed by atoms with Crippen molar-refractivity contribution in [2.24, 2.45) is 5.73 Å². The molecule has 68 valence electrons. The van der Waals surface area contributed by atoms with Gasteiger partial charge in [0.1, 0.15) is 0 Å². The molecule has 2 N–H and O–H groups in total. The molecule has 0 radical (unpaired) electrons. The van der Waals surface area contributed by atoms with Gasteiger partial charge in [0, 0.05) is 17.9 Å². The first-order chi connectivity index (χ1) is 6.88. The fourth-order valence-corrected chi connectivity index (χ4v) is 3.09. The van der Waals surface area contributed by atoms with Crippen LogP contribution in [0.25, 0.3) is 10.8 Å². The molecule has 0 bridgehead atoms. The Labute approximate surface area is 82.5 Å². The summed E-state index contributed by atoms with van der Waals surface area (Å²) in [4.78, 5) is 0. The summed E-state index contributed by atoms with van der Waals surface area (Å²) in [7, 11) is 0. The highest BCUT2D eigenvalue weighted by Gasteiger charge is 2.54. The minimum absolute atomic E-state index is 0.385. The summed E-state index contributed by atoms with van der Waals surface area (Å²) in [5.74, 6) is 1.24. The van der Waals surface area contributed by atoms with Crippen molar-refractivity contribution in [3.05, 3.63) is 47.5 Å². The molecule has 0 saturated heterocycles. The Balaban J connectivity index is 2.19. The zero-order valence-electron chi connectivity index (χ0n) is 7.77. The van der Waals surface area contributed by atoms with Gasteiger partial charge < -0.3 is 5.73 Å². The van der Waals surface area contributed by atoms with E-state index in [-0.39, 0.29) is 0 Å². The molecule has 1 saturated carbocycles. The van der Waals surface area contributed by atoms with Crippen molar-refractivity contribution >= 4 is 10.8 Å². The van der Waals surface area contributed by atoms with Crippen LogP contribution in [0.1, 0.15) is 23.0 Å². The standard InChI is InChI=1S/C13H11N/c14-13-11-8-5-1-3-7-4-2-6-9(10(7)8)12(11)13/h1-6,11-13H,14H2/t11-,12-/m0/s1. The van der Waals surface area contributed by atoms with Crippen molar-refractivity contribution in [3.8, 4) is 0 Å². The van der Waals surface area contributed by atoms with Crippen LogP contribution in [-0.2, 0) is 0 Å². The first-order valence-corrected chi connectivity index (χ1v) is 5.15. The Kier molecular flexibility index (Phi) is 1.01. The van der Waals surface area contributed by atoms with Crippen LogP contribution in [0.4, 0.5) is 0 Å². The van der Waals surface area contributed by atoms with E-state index in [4.69, 9.17) is 5.73 Å². The van der Waals surface area contributed by atoms with Crippen molar-refractivity contribution < 1.29 is 0 Å². The second-order valence-corrected chi connectivity index (χ2v) is 4.42. The Bertz CT molecular complexity index is 499. The number of fused-ring (bicyclic) bond motifs is 3. The highest BCUT2D eigenvalue weighted by atomic mass is 14.8. The number of hydrogen-bond acceptors (Lipinski definition) is 1. The Morgan fingerprint density at radius 2 is 1.43 bits per heavy atom. The van der Waals surface area contributed by atoms with Crippen molar-refractivity contribution in [1.82, 2.24) is 0 Å². The minimum atomic E-state index is 0.385. The summed E-state index contributed by atoms with van der Waals surface area (Å²) >= 11 is 0. The van der Waals surface area contributed by atoms with Gasteiger partial charge >= 0.3 is 0 Å². The lowest BCUT2D eigenvalue weighted by molar-refractivity contribution is 0.976. The zero-order chi connectivity index (χ0) is 9.28. The van der Waals surface area contributed by atoms with E-state index in [9.17, 15) is 0 Å². The minimum Gasteiger partial charge on any atom is -0.327 e. The maximum Gasteiger partial charge on any atom is 0.0191 e. The lowest BCUT2D eigenvalue weighted by Gasteiger charge is -2.06. The number of benzene rings is 2. The quantitative estimate of drug-likeness (QED) is 0.663. The van der Waals surface area contributed by atoms with Crippen molar-refractivity contribution in [2.75, 3.05) is 0 Å². The van der Waals surface area contributed by atoms with Crippen LogP contribution in [0.2, 0.25) is 0 Å². The van der Waals surface area contributed by atoms with Crippen LogP contribution in [0, 0.1) is 0 Å². The molecule has 1 heteroatoms. The molecular weight excluding hydrogens is 170 g/mol. The van der Waals surface area contributed by atoms with Crippen LogP contribution in [-0.4, -0.2) is 6.04 Å². The average molecular weight is 181 g/mol. The predicted octanol–water partition coefficient (Wildman–Crippen LogP) is 2.36. The second kappa shape index (κ2) is 2.01. The fourth-order valence-electron chi connectivity index (χ4n) is 3.09. The van der Waals surface area contributed by atoms with Gasteiger partial charge in [-0.05, 0) is 21.9 Å². The van der Waals surface area contributed by atoms with Gasteiger partial charge in [-0.3, -0.25) is 0 Å². The maximum absolute atomic E-state index is 6.06. The molecule has 0 heterocycles. The smallest absolute Gasteiger partial charge is 0.0191 e. The van der Waals surface area contributed by atoms with Gasteiger partial charge in [0.2, 0.25) is 0 Å². The molecule has 1 nitrogen and oxygen atoms in total. The van der Waals surface area contributed by atoms with E-state index in [1.54, 1.807) is 0 Å². The normalized spacial score (nSPS) is 31.9. The van der Waals surface area contributed by atoms with E-state index in [1.165, 1.54) is 21.9 Å². The van der Waals surface area contributed by atoms with Gasteiger partial charge in [0.25, 0.3) is 0 Å². The van der Waals surface area contributed by atoms with E-state index >= 15 is 0 Å². The van der Waals surface area contributed by atoms with Crippen LogP contribution < -0.4 is 5.73 Å². The van der Waals surface area contributed by atoms with Gasteiger partial charge in [-0.25, -0.2) is 0 Å². The van der Waals surface area contributed by atoms with Crippen LogP contribution in [0.5, 0.6) is 0 Å². The third kappa shape index (κ3) is 0.602. The van der Waals surface area contributed by atoms with E-state index in [2.05, 4.69) is 36.4 Å². The molecule has 1 fully saturated rings. The van der Waals surface area contributed by atoms with Crippen molar-refractivity contribution in [3.63, 3.8) is 0 Å². The third-order valence-corrected chi connectivity index (χ3v) is 3.76. The summed E-state index contributed by atoms with van der Waals surface area (Å²) in [6.07, 6.45) is 0. The number of hydrogen-bond donors (Lipinski definition) is 1. The zero-order valence-corrected chi connectivity index (χ0v) is 7.77. The summed E-state index contributed by atoms with van der Waals surface area (Å²) in [6.45, 7) is 0. The van der Waals surface area contributed by atoms with E-state index in [0.717, 1.165) is 0 Å². The Morgan fingerprint density at radius 1 is 0.857 bits per heavy atom. The van der Waals surface area contributed by atoms with E-state index < -0.39 is 0 Å². The van der Waals surface area contributed by atoms with E-state index in [1.807, 2.05) is 0 Å². The number of rotatable bonds is 0. The molecule has 2 atom stereocenters. The Morgan fingerprint density at radius 3 is 2.00 bits per heavy atom. The monoisotopic (exact) mass is 181 g/mol. The molecule has 0 spiro atoms. The summed E-state index contributed by atoms with van der Waals surface area (Å²) in [5, 5.41) is 2.85. The molecule has 2 aromatic carbocycles. The molecule has 0 unspecified atom stereocenters. The molecule has 14 heavy (non-hydrogen) atoms. The molecule has 4 rings (SSSR count). The first-order valence-electron chi connectivity index (χ1n) is 5.15. The largest absolute Gasteiger partial charge is 0.327 e. The fraction of sp³-hybridized carbons (Fsp3) is 0.231.